The van der Waals surface area contributed by atoms with Crippen molar-refractivity contribution < 1.29 is 12.8 Å². The van der Waals surface area contributed by atoms with E-state index in [0.29, 0.717) is 15.6 Å². The largest absolute Gasteiger partial charge is 0.280 e. The second-order valence-electron chi connectivity index (χ2n) is 4.29. The van der Waals surface area contributed by atoms with Crippen LogP contribution in [0.5, 0.6) is 0 Å². The lowest BCUT2D eigenvalue weighted by Crippen LogP contribution is -2.16. The second-order valence-corrected chi connectivity index (χ2v) is 6.93. The van der Waals surface area contributed by atoms with Gasteiger partial charge < -0.3 is 0 Å². The third kappa shape index (κ3) is 4.28. The highest BCUT2D eigenvalue weighted by molar-refractivity contribution is 9.10. The van der Waals surface area contributed by atoms with Gasteiger partial charge in [0.05, 0.1) is 23.1 Å². The Labute approximate surface area is 130 Å². The maximum atomic E-state index is 13.6. The van der Waals surface area contributed by atoms with Gasteiger partial charge >= 0.3 is 0 Å². The Hall–Kier alpha value is -1.91. The fourth-order valence-corrected chi connectivity index (χ4v) is 3.23. The monoisotopic (exact) mass is 368 g/mol. The summed E-state index contributed by atoms with van der Waals surface area (Å²) in [5.74, 6) is -0.952. The van der Waals surface area contributed by atoms with E-state index in [4.69, 9.17) is 5.26 Å². The van der Waals surface area contributed by atoms with E-state index in [-0.39, 0.29) is 11.4 Å². The fourth-order valence-electron chi connectivity index (χ4n) is 1.67. The number of benzene rings is 2. The fraction of sp³-hybridized carbons (Fsp3) is 0.0714. The Morgan fingerprint density at radius 2 is 1.86 bits per heavy atom. The van der Waals surface area contributed by atoms with Gasteiger partial charge in [-0.3, -0.25) is 4.72 Å². The molecule has 21 heavy (non-hydrogen) atoms. The average Bonchev–Trinajstić information content (AvgIpc) is 2.43. The molecule has 0 aliphatic heterocycles. The first-order chi connectivity index (χ1) is 9.89. The van der Waals surface area contributed by atoms with Crippen molar-refractivity contribution in [3.8, 4) is 6.07 Å². The lowest BCUT2D eigenvalue weighted by atomic mass is 10.2. The van der Waals surface area contributed by atoms with Crippen molar-refractivity contribution in [2.24, 2.45) is 0 Å². The summed E-state index contributed by atoms with van der Waals surface area (Å²) >= 11 is 3.15. The molecule has 4 nitrogen and oxygen atoms in total. The minimum Gasteiger partial charge on any atom is -0.280 e. The zero-order valence-corrected chi connectivity index (χ0v) is 13.1. The molecule has 0 radical (unpaired) electrons. The molecule has 0 unspecified atom stereocenters. The summed E-state index contributed by atoms with van der Waals surface area (Å²) in [7, 11) is -3.74. The lowest BCUT2D eigenvalue weighted by molar-refractivity contribution is 0.598. The minimum absolute atomic E-state index is 0.113. The standard InChI is InChI=1S/C14H10BrFN2O2S/c15-12-5-6-13(16)14(7-12)18-21(19,20)9-11-3-1-10(8-17)2-4-11/h1-7,18H,9H2. The van der Waals surface area contributed by atoms with Gasteiger partial charge in [-0.25, -0.2) is 12.8 Å². The molecule has 0 saturated heterocycles. The molecule has 0 spiro atoms. The molecule has 0 atom stereocenters. The van der Waals surface area contributed by atoms with Crippen molar-refractivity contribution in [3.05, 3.63) is 63.9 Å². The summed E-state index contributed by atoms with van der Waals surface area (Å²) in [5, 5.41) is 8.69. The molecule has 0 aliphatic carbocycles. The van der Waals surface area contributed by atoms with Crippen molar-refractivity contribution >= 4 is 31.6 Å². The topological polar surface area (TPSA) is 70.0 Å². The van der Waals surface area contributed by atoms with Crippen LogP contribution in [0.3, 0.4) is 0 Å². The van der Waals surface area contributed by atoms with Crippen LogP contribution < -0.4 is 4.72 Å². The smallest absolute Gasteiger partial charge is 0.237 e. The number of halogens is 2. The normalized spacial score (nSPS) is 10.9. The molecule has 0 fully saturated rings. The van der Waals surface area contributed by atoms with Gasteiger partial charge in [-0.2, -0.15) is 5.26 Å². The van der Waals surface area contributed by atoms with Crippen LogP contribution in [-0.4, -0.2) is 8.42 Å². The predicted molar refractivity (Wildman–Crippen MR) is 81.5 cm³/mol. The second kappa shape index (κ2) is 6.24. The number of anilines is 1. The zero-order valence-electron chi connectivity index (χ0n) is 10.7. The van der Waals surface area contributed by atoms with E-state index in [1.807, 2.05) is 6.07 Å². The first kappa shape index (κ1) is 15.5. The molecule has 0 heterocycles. The van der Waals surface area contributed by atoms with Crippen LogP contribution in [0.25, 0.3) is 0 Å². The van der Waals surface area contributed by atoms with Crippen molar-refractivity contribution in [1.82, 2.24) is 0 Å². The maximum absolute atomic E-state index is 13.6. The number of nitrogens with zero attached hydrogens (tertiary/aromatic N) is 1. The maximum Gasteiger partial charge on any atom is 0.237 e. The average molecular weight is 369 g/mol. The minimum atomic E-state index is -3.74. The van der Waals surface area contributed by atoms with Crippen molar-refractivity contribution in [2.75, 3.05) is 4.72 Å². The summed E-state index contributed by atoms with van der Waals surface area (Å²) in [5.41, 5.74) is 0.845. The number of nitrogens with one attached hydrogen (secondary N) is 1. The van der Waals surface area contributed by atoms with Gasteiger partial charge in [-0.05, 0) is 35.9 Å². The third-order valence-corrected chi connectivity index (χ3v) is 4.37. The molecule has 0 bridgehead atoms. The number of hydrogen-bond donors (Lipinski definition) is 1. The Kier molecular flexibility index (Phi) is 4.60. The van der Waals surface area contributed by atoms with Crippen LogP contribution in [0.1, 0.15) is 11.1 Å². The van der Waals surface area contributed by atoms with E-state index in [1.165, 1.54) is 30.3 Å². The number of rotatable bonds is 4. The van der Waals surface area contributed by atoms with E-state index in [9.17, 15) is 12.8 Å². The van der Waals surface area contributed by atoms with Crippen molar-refractivity contribution in [3.63, 3.8) is 0 Å². The highest BCUT2D eigenvalue weighted by Crippen LogP contribution is 2.22. The zero-order chi connectivity index (χ0) is 15.5. The molecule has 0 aliphatic rings. The van der Waals surface area contributed by atoms with Crippen LogP contribution in [0.2, 0.25) is 0 Å². The van der Waals surface area contributed by atoms with Crippen LogP contribution >= 0.6 is 15.9 Å². The molecular weight excluding hydrogens is 359 g/mol. The molecule has 2 rings (SSSR count). The van der Waals surface area contributed by atoms with Crippen LogP contribution in [-0.2, 0) is 15.8 Å². The van der Waals surface area contributed by atoms with E-state index < -0.39 is 15.8 Å². The van der Waals surface area contributed by atoms with Crippen molar-refractivity contribution in [1.29, 1.82) is 5.26 Å². The lowest BCUT2D eigenvalue weighted by Gasteiger charge is -2.09. The van der Waals surface area contributed by atoms with E-state index in [2.05, 4.69) is 20.7 Å². The SMILES string of the molecule is N#Cc1ccc(CS(=O)(=O)Nc2cc(Br)ccc2F)cc1. The highest BCUT2D eigenvalue weighted by Gasteiger charge is 2.14. The van der Waals surface area contributed by atoms with Crippen LogP contribution in [0, 0.1) is 17.1 Å². The summed E-state index contributed by atoms with van der Waals surface area (Å²) in [6.07, 6.45) is 0. The summed E-state index contributed by atoms with van der Waals surface area (Å²) in [6.45, 7) is 0. The summed E-state index contributed by atoms with van der Waals surface area (Å²) < 4.78 is 40.4. The van der Waals surface area contributed by atoms with Gasteiger partial charge in [0.1, 0.15) is 5.82 Å². The van der Waals surface area contributed by atoms with E-state index >= 15 is 0 Å². The number of nitriles is 1. The molecule has 2 aromatic rings. The molecule has 0 amide bonds. The molecule has 0 aromatic heterocycles. The Morgan fingerprint density at radius 3 is 2.48 bits per heavy atom. The quantitative estimate of drug-likeness (QED) is 0.898. The highest BCUT2D eigenvalue weighted by atomic mass is 79.9. The molecule has 2 aromatic carbocycles. The third-order valence-electron chi connectivity index (χ3n) is 2.63. The molecule has 1 N–H and O–H groups in total. The van der Waals surface area contributed by atoms with E-state index in [1.54, 1.807) is 12.1 Å². The van der Waals surface area contributed by atoms with Gasteiger partial charge in [0, 0.05) is 4.47 Å². The van der Waals surface area contributed by atoms with Gasteiger partial charge in [0.2, 0.25) is 10.0 Å². The van der Waals surface area contributed by atoms with Gasteiger partial charge in [-0.1, -0.05) is 28.1 Å². The van der Waals surface area contributed by atoms with Gasteiger partial charge in [-0.15, -0.1) is 0 Å². The molecular formula is C14H10BrFN2O2S. The van der Waals surface area contributed by atoms with Crippen molar-refractivity contribution in [2.45, 2.75) is 5.75 Å². The molecule has 108 valence electrons. The Balaban J connectivity index is 2.18. The molecule has 0 saturated carbocycles. The number of sulfonamides is 1. The Morgan fingerprint density at radius 1 is 1.19 bits per heavy atom. The van der Waals surface area contributed by atoms with Gasteiger partial charge in [0.15, 0.2) is 0 Å². The Bertz CT molecular complexity index is 799. The first-order valence-corrected chi connectivity index (χ1v) is 8.29. The summed E-state index contributed by atoms with van der Waals surface area (Å²) in [4.78, 5) is 0. The first-order valence-electron chi connectivity index (χ1n) is 5.84. The number of hydrogen-bond acceptors (Lipinski definition) is 3. The van der Waals surface area contributed by atoms with Gasteiger partial charge in [0.25, 0.3) is 0 Å². The van der Waals surface area contributed by atoms with Crippen LogP contribution in [0.15, 0.2) is 46.9 Å². The van der Waals surface area contributed by atoms with Crippen LogP contribution in [0.4, 0.5) is 10.1 Å². The molecule has 7 heteroatoms. The van der Waals surface area contributed by atoms with E-state index in [0.717, 1.165) is 0 Å². The predicted octanol–water partition coefficient (Wildman–Crippen LogP) is 3.40. The summed E-state index contributed by atoms with van der Waals surface area (Å²) in [6, 6.07) is 12.1.